The van der Waals surface area contributed by atoms with Crippen molar-refractivity contribution >= 4 is 17.2 Å². The molecule has 5 heteroatoms. The average molecular weight is 294 g/mol. The molecule has 1 heterocycles. The molecule has 0 amide bonds. The first kappa shape index (κ1) is 15.2. The van der Waals surface area contributed by atoms with E-state index in [1.54, 1.807) is 0 Å². The van der Waals surface area contributed by atoms with Crippen LogP contribution in [0.15, 0.2) is 24.3 Å². The number of likely N-dealkylation sites (tertiary alicyclic amines) is 1. The van der Waals surface area contributed by atoms with Gasteiger partial charge in [0.05, 0.1) is 6.61 Å². The molecule has 2 rings (SSSR count). The van der Waals surface area contributed by atoms with Crippen LogP contribution in [-0.2, 0) is 0 Å². The molecule has 0 saturated carbocycles. The normalized spacial score (nSPS) is 19.8. The van der Waals surface area contributed by atoms with E-state index in [0.29, 0.717) is 11.6 Å². The molecule has 1 fully saturated rings. The lowest BCUT2D eigenvalue weighted by Gasteiger charge is -2.34. The zero-order valence-corrected chi connectivity index (χ0v) is 12.4. The molecule has 1 aromatic carbocycles. The molecule has 20 heavy (non-hydrogen) atoms. The topological polar surface area (TPSA) is 58.7 Å². The van der Waals surface area contributed by atoms with Crippen LogP contribution in [0.2, 0.25) is 0 Å². The number of thiocarbonyl (C=S) groups is 1. The van der Waals surface area contributed by atoms with Crippen molar-refractivity contribution in [1.82, 2.24) is 4.90 Å². The predicted octanol–water partition coefficient (Wildman–Crippen LogP) is 1.55. The minimum atomic E-state index is 0.233. The molecule has 0 bridgehead atoms. The Morgan fingerprint density at radius 2 is 2.30 bits per heavy atom. The van der Waals surface area contributed by atoms with E-state index in [1.165, 1.54) is 12.8 Å². The van der Waals surface area contributed by atoms with Crippen molar-refractivity contribution in [3.63, 3.8) is 0 Å². The van der Waals surface area contributed by atoms with Crippen LogP contribution < -0.4 is 10.5 Å². The lowest BCUT2D eigenvalue weighted by atomic mass is 10.0. The number of nitrogens with zero attached hydrogens (tertiary/aromatic N) is 1. The van der Waals surface area contributed by atoms with E-state index in [0.717, 1.165) is 30.8 Å². The van der Waals surface area contributed by atoms with Crippen molar-refractivity contribution in [2.75, 3.05) is 26.3 Å². The standard InChI is InChI=1S/C15H22N2O2S/c16-15(20)12-4-3-6-14(10-12)19-9-8-17-7-2-1-5-13(17)11-18/h3-4,6,10,13,18H,1-2,5,7-9,11H2,(H2,16,20). The van der Waals surface area contributed by atoms with E-state index in [2.05, 4.69) is 4.90 Å². The first-order valence-corrected chi connectivity index (χ1v) is 7.49. The lowest BCUT2D eigenvalue weighted by Crippen LogP contribution is -2.43. The van der Waals surface area contributed by atoms with Crippen LogP contribution in [0.25, 0.3) is 0 Å². The fraction of sp³-hybridized carbons (Fsp3) is 0.533. The largest absolute Gasteiger partial charge is 0.492 e. The van der Waals surface area contributed by atoms with Gasteiger partial charge in [-0.05, 0) is 31.5 Å². The van der Waals surface area contributed by atoms with Gasteiger partial charge in [-0.25, -0.2) is 0 Å². The molecule has 3 N–H and O–H groups in total. The number of piperidine rings is 1. The van der Waals surface area contributed by atoms with Crippen LogP contribution in [0.3, 0.4) is 0 Å². The van der Waals surface area contributed by atoms with Gasteiger partial charge in [0.15, 0.2) is 0 Å². The summed E-state index contributed by atoms with van der Waals surface area (Å²) >= 11 is 4.95. The molecule has 1 saturated heterocycles. The molecule has 1 aliphatic rings. The Balaban J connectivity index is 1.83. The van der Waals surface area contributed by atoms with Crippen molar-refractivity contribution in [2.45, 2.75) is 25.3 Å². The summed E-state index contributed by atoms with van der Waals surface area (Å²) in [5.74, 6) is 0.785. The molecule has 0 aromatic heterocycles. The summed E-state index contributed by atoms with van der Waals surface area (Å²) in [5.41, 5.74) is 6.43. The fourth-order valence-electron chi connectivity index (χ4n) is 2.58. The Morgan fingerprint density at radius 3 is 3.05 bits per heavy atom. The van der Waals surface area contributed by atoms with Gasteiger partial charge < -0.3 is 15.6 Å². The zero-order chi connectivity index (χ0) is 14.4. The molecule has 1 aliphatic heterocycles. The summed E-state index contributed by atoms with van der Waals surface area (Å²) in [6.07, 6.45) is 3.49. The summed E-state index contributed by atoms with van der Waals surface area (Å²) in [7, 11) is 0. The van der Waals surface area contributed by atoms with Gasteiger partial charge in [-0.3, -0.25) is 4.90 Å². The Bertz CT molecular complexity index is 453. The zero-order valence-electron chi connectivity index (χ0n) is 11.6. The summed E-state index contributed by atoms with van der Waals surface area (Å²) in [4.78, 5) is 2.69. The molecule has 110 valence electrons. The third kappa shape index (κ3) is 4.16. The maximum absolute atomic E-state index is 9.36. The highest BCUT2D eigenvalue weighted by atomic mass is 32.1. The van der Waals surface area contributed by atoms with E-state index in [4.69, 9.17) is 22.7 Å². The summed E-state index contributed by atoms with van der Waals surface area (Å²) in [6.45, 7) is 2.72. The molecule has 4 nitrogen and oxygen atoms in total. The number of rotatable bonds is 6. The molecular weight excluding hydrogens is 272 g/mol. The van der Waals surface area contributed by atoms with Crippen molar-refractivity contribution in [3.8, 4) is 5.75 Å². The van der Waals surface area contributed by atoms with Crippen LogP contribution in [0, 0.1) is 0 Å². The summed E-state index contributed by atoms with van der Waals surface area (Å²) in [5, 5.41) is 9.36. The SMILES string of the molecule is NC(=S)c1cccc(OCCN2CCCCC2CO)c1. The highest BCUT2D eigenvalue weighted by molar-refractivity contribution is 7.80. The van der Waals surface area contributed by atoms with Gasteiger partial charge in [0.1, 0.15) is 17.3 Å². The highest BCUT2D eigenvalue weighted by Gasteiger charge is 2.20. The molecule has 1 unspecified atom stereocenters. The number of aliphatic hydroxyl groups is 1. The van der Waals surface area contributed by atoms with E-state index in [1.807, 2.05) is 24.3 Å². The highest BCUT2D eigenvalue weighted by Crippen LogP contribution is 2.17. The number of benzene rings is 1. The minimum Gasteiger partial charge on any atom is -0.492 e. The monoisotopic (exact) mass is 294 g/mol. The van der Waals surface area contributed by atoms with Gasteiger partial charge in [-0.2, -0.15) is 0 Å². The van der Waals surface area contributed by atoms with Crippen molar-refractivity contribution < 1.29 is 9.84 Å². The lowest BCUT2D eigenvalue weighted by molar-refractivity contribution is 0.0773. The van der Waals surface area contributed by atoms with Gasteiger partial charge in [-0.1, -0.05) is 30.8 Å². The Hall–Kier alpha value is -1.17. The first-order valence-electron chi connectivity index (χ1n) is 7.08. The number of aliphatic hydroxyl groups excluding tert-OH is 1. The molecule has 1 aromatic rings. The smallest absolute Gasteiger partial charge is 0.120 e. The van der Waals surface area contributed by atoms with Crippen LogP contribution in [0.4, 0.5) is 0 Å². The van der Waals surface area contributed by atoms with Crippen LogP contribution in [0.5, 0.6) is 5.75 Å². The summed E-state index contributed by atoms with van der Waals surface area (Å²) < 4.78 is 5.75. The number of ether oxygens (including phenoxy) is 1. The van der Waals surface area contributed by atoms with E-state index in [9.17, 15) is 5.11 Å². The maximum Gasteiger partial charge on any atom is 0.120 e. The van der Waals surface area contributed by atoms with Crippen molar-refractivity contribution in [1.29, 1.82) is 0 Å². The van der Waals surface area contributed by atoms with Crippen molar-refractivity contribution in [3.05, 3.63) is 29.8 Å². The van der Waals surface area contributed by atoms with Crippen LogP contribution >= 0.6 is 12.2 Å². The summed E-state index contributed by atoms with van der Waals surface area (Å²) in [6, 6.07) is 7.82. The Morgan fingerprint density at radius 1 is 1.45 bits per heavy atom. The Labute approximate surface area is 125 Å². The van der Waals surface area contributed by atoms with E-state index < -0.39 is 0 Å². The van der Waals surface area contributed by atoms with Gasteiger partial charge in [0.2, 0.25) is 0 Å². The molecule has 0 aliphatic carbocycles. The first-order chi connectivity index (χ1) is 9.70. The third-order valence-corrected chi connectivity index (χ3v) is 3.96. The molecule has 1 atom stereocenters. The Kier molecular flexibility index (Phi) is 5.76. The van der Waals surface area contributed by atoms with Gasteiger partial charge in [0, 0.05) is 18.2 Å². The second-order valence-electron chi connectivity index (χ2n) is 5.11. The molecular formula is C15H22N2O2S. The minimum absolute atomic E-state index is 0.233. The van der Waals surface area contributed by atoms with Gasteiger partial charge in [-0.15, -0.1) is 0 Å². The third-order valence-electron chi connectivity index (χ3n) is 3.73. The fourth-order valence-corrected chi connectivity index (χ4v) is 2.71. The van der Waals surface area contributed by atoms with E-state index in [-0.39, 0.29) is 12.6 Å². The van der Waals surface area contributed by atoms with Crippen LogP contribution in [-0.4, -0.2) is 47.3 Å². The molecule has 0 spiro atoms. The number of hydrogen-bond donors (Lipinski definition) is 2. The second-order valence-corrected chi connectivity index (χ2v) is 5.55. The van der Waals surface area contributed by atoms with Crippen molar-refractivity contribution in [2.24, 2.45) is 5.73 Å². The number of hydrogen-bond acceptors (Lipinski definition) is 4. The van der Waals surface area contributed by atoms with Gasteiger partial charge in [0.25, 0.3) is 0 Å². The quantitative estimate of drug-likeness (QED) is 0.780. The second kappa shape index (κ2) is 7.57. The number of nitrogens with two attached hydrogens (primary N) is 1. The maximum atomic E-state index is 9.36. The van der Waals surface area contributed by atoms with Crippen LogP contribution in [0.1, 0.15) is 24.8 Å². The van der Waals surface area contributed by atoms with E-state index >= 15 is 0 Å². The van der Waals surface area contributed by atoms with Gasteiger partial charge >= 0.3 is 0 Å². The average Bonchev–Trinajstić information content (AvgIpc) is 2.48. The molecule has 0 radical (unpaired) electrons. The predicted molar refractivity (Wildman–Crippen MR) is 84.1 cm³/mol.